The van der Waals surface area contributed by atoms with Crippen LogP contribution in [0, 0.1) is 0 Å². The molecule has 3 aliphatic rings. The van der Waals surface area contributed by atoms with Crippen LogP contribution in [-0.4, -0.2) is 72.1 Å². The van der Waals surface area contributed by atoms with Gasteiger partial charge in [0.15, 0.2) is 0 Å². The molecule has 2 fully saturated rings. The molecule has 2 aliphatic heterocycles. The molecule has 4 atom stereocenters. The van der Waals surface area contributed by atoms with E-state index in [4.69, 9.17) is 9.47 Å². The standard InChI is InChI=1S/C27H33N3O5/c31-22-15-30(27(33)29-20-8-2-1-3-9-20)24-11-10-23(35-25(24)17-34-16-22)14-26(32)28-21-12-18-6-4-5-7-19(18)13-21/h1-9,21-25,31H,10-17H2,(H,28,32)(H,29,33)/t22-,23+,24+,25-/m0/s1. The number of ether oxygens (including phenoxy) is 2. The van der Waals surface area contributed by atoms with Crippen LogP contribution in [0.15, 0.2) is 54.6 Å². The van der Waals surface area contributed by atoms with E-state index in [0.717, 1.165) is 12.8 Å². The summed E-state index contributed by atoms with van der Waals surface area (Å²) >= 11 is 0. The third-order valence-electron chi connectivity index (χ3n) is 7.10. The largest absolute Gasteiger partial charge is 0.389 e. The number of nitrogens with one attached hydrogen (secondary N) is 2. The Balaban J connectivity index is 1.18. The number of amides is 3. The van der Waals surface area contributed by atoms with Gasteiger partial charge >= 0.3 is 6.03 Å². The second-order valence-electron chi connectivity index (χ2n) is 9.73. The van der Waals surface area contributed by atoms with Gasteiger partial charge in [-0.15, -0.1) is 0 Å². The quantitative estimate of drug-likeness (QED) is 0.626. The molecule has 3 N–H and O–H groups in total. The molecule has 2 aromatic rings. The van der Waals surface area contributed by atoms with Gasteiger partial charge in [-0.3, -0.25) is 4.79 Å². The number of nitrogens with zero attached hydrogens (tertiary/aromatic N) is 1. The Labute approximate surface area is 205 Å². The summed E-state index contributed by atoms with van der Waals surface area (Å²) in [5.74, 6) is -0.00730. The number of fused-ring (bicyclic) bond motifs is 2. The lowest BCUT2D eigenvalue weighted by atomic mass is 9.95. The molecule has 5 rings (SSSR count). The molecule has 2 saturated heterocycles. The Morgan fingerprint density at radius 3 is 2.43 bits per heavy atom. The second kappa shape index (κ2) is 10.8. The summed E-state index contributed by atoms with van der Waals surface area (Å²) in [6.45, 7) is 0.568. The molecule has 0 bridgehead atoms. The Hall–Kier alpha value is -2.94. The first-order valence-electron chi connectivity index (χ1n) is 12.4. The molecule has 0 aromatic heterocycles. The van der Waals surface area contributed by atoms with Crippen molar-refractivity contribution < 1.29 is 24.2 Å². The summed E-state index contributed by atoms with van der Waals surface area (Å²) < 4.78 is 12.0. The molecule has 35 heavy (non-hydrogen) atoms. The zero-order valence-electron chi connectivity index (χ0n) is 19.8. The second-order valence-corrected chi connectivity index (χ2v) is 9.73. The number of benzene rings is 2. The molecule has 0 radical (unpaired) electrons. The van der Waals surface area contributed by atoms with Crippen LogP contribution in [0.25, 0.3) is 0 Å². The van der Waals surface area contributed by atoms with E-state index in [1.165, 1.54) is 11.1 Å². The zero-order valence-corrected chi connectivity index (χ0v) is 19.8. The number of rotatable bonds is 4. The Morgan fingerprint density at radius 1 is 0.971 bits per heavy atom. The molecule has 186 valence electrons. The van der Waals surface area contributed by atoms with E-state index in [9.17, 15) is 14.7 Å². The van der Waals surface area contributed by atoms with Crippen LogP contribution in [0.5, 0.6) is 0 Å². The van der Waals surface area contributed by atoms with Crippen molar-refractivity contribution in [2.24, 2.45) is 0 Å². The first kappa shape index (κ1) is 23.8. The number of urea groups is 1. The highest BCUT2D eigenvalue weighted by atomic mass is 16.5. The van der Waals surface area contributed by atoms with E-state index >= 15 is 0 Å². The van der Waals surface area contributed by atoms with E-state index in [-0.39, 0.29) is 62.4 Å². The van der Waals surface area contributed by atoms with E-state index in [0.29, 0.717) is 18.5 Å². The van der Waals surface area contributed by atoms with Gasteiger partial charge in [-0.05, 0) is 48.9 Å². The minimum absolute atomic E-state index is 0.00730. The van der Waals surface area contributed by atoms with Crippen LogP contribution in [0.1, 0.15) is 30.4 Å². The zero-order chi connectivity index (χ0) is 24.2. The van der Waals surface area contributed by atoms with Crippen LogP contribution in [0.4, 0.5) is 10.5 Å². The van der Waals surface area contributed by atoms with Crippen molar-refractivity contribution in [2.45, 2.75) is 62.5 Å². The maximum Gasteiger partial charge on any atom is 0.322 e. The van der Waals surface area contributed by atoms with E-state index in [1.807, 2.05) is 42.5 Å². The smallest absolute Gasteiger partial charge is 0.322 e. The Kier molecular flexibility index (Phi) is 7.32. The maximum atomic E-state index is 13.1. The highest BCUT2D eigenvalue weighted by Gasteiger charge is 2.40. The lowest BCUT2D eigenvalue weighted by Gasteiger charge is -2.44. The lowest BCUT2D eigenvalue weighted by molar-refractivity contribution is -0.150. The summed E-state index contributed by atoms with van der Waals surface area (Å²) in [6.07, 6.45) is 1.99. The van der Waals surface area contributed by atoms with Crippen molar-refractivity contribution in [3.63, 3.8) is 0 Å². The van der Waals surface area contributed by atoms with Gasteiger partial charge in [-0.25, -0.2) is 4.79 Å². The number of carbonyl (C=O) groups is 2. The average Bonchev–Trinajstić information content (AvgIpc) is 3.24. The normalized spacial score (nSPS) is 26.7. The fourth-order valence-electron chi connectivity index (χ4n) is 5.45. The number of aliphatic hydroxyl groups is 1. The molecule has 8 nitrogen and oxygen atoms in total. The summed E-state index contributed by atoms with van der Waals surface area (Å²) in [4.78, 5) is 27.6. The molecular formula is C27H33N3O5. The Bertz CT molecular complexity index is 1010. The van der Waals surface area contributed by atoms with Crippen molar-refractivity contribution in [1.29, 1.82) is 0 Å². The molecule has 2 heterocycles. The van der Waals surface area contributed by atoms with Crippen molar-refractivity contribution >= 4 is 17.6 Å². The summed E-state index contributed by atoms with van der Waals surface area (Å²) in [5, 5.41) is 16.4. The van der Waals surface area contributed by atoms with Crippen molar-refractivity contribution in [1.82, 2.24) is 10.2 Å². The molecular weight excluding hydrogens is 446 g/mol. The topological polar surface area (TPSA) is 100 Å². The predicted molar refractivity (Wildman–Crippen MR) is 131 cm³/mol. The van der Waals surface area contributed by atoms with Crippen molar-refractivity contribution in [2.75, 3.05) is 25.1 Å². The fraction of sp³-hybridized carbons (Fsp3) is 0.481. The van der Waals surface area contributed by atoms with Gasteiger partial charge in [-0.1, -0.05) is 42.5 Å². The van der Waals surface area contributed by atoms with Crippen LogP contribution in [0.2, 0.25) is 0 Å². The number of carbonyl (C=O) groups excluding carboxylic acids is 2. The summed E-state index contributed by atoms with van der Waals surface area (Å²) in [5.41, 5.74) is 3.30. The highest BCUT2D eigenvalue weighted by Crippen LogP contribution is 2.29. The van der Waals surface area contributed by atoms with Gasteiger partial charge in [-0.2, -0.15) is 0 Å². The summed E-state index contributed by atoms with van der Waals surface area (Å²) in [7, 11) is 0. The van der Waals surface area contributed by atoms with Gasteiger partial charge < -0.3 is 30.1 Å². The SMILES string of the molecule is O=C(C[C@H]1CC[C@@H]2[C@H](COC[C@@H](O)CN2C(=O)Nc2ccccc2)O1)NC1Cc2ccccc2C1. The van der Waals surface area contributed by atoms with Crippen LogP contribution < -0.4 is 10.6 Å². The Morgan fingerprint density at radius 2 is 1.69 bits per heavy atom. The van der Waals surface area contributed by atoms with E-state index in [1.54, 1.807) is 4.90 Å². The molecule has 3 amide bonds. The number of hydrogen-bond acceptors (Lipinski definition) is 5. The molecule has 0 spiro atoms. The van der Waals surface area contributed by atoms with E-state index < -0.39 is 6.10 Å². The van der Waals surface area contributed by atoms with E-state index in [2.05, 4.69) is 22.8 Å². The van der Waals surface area contributed by atoms with Crippen LogP contribution >= 0.6 is 0 Å². The number of anilines is 1. The third kappa shape index (κ3) is 5.83. The van der Waals surface area contributed by atoms with Crippen LogP contribution in [-0.2, 0) is 27.1 Å². The molecule has 0 unspecified atom stereocenters. The van der Waals surface area contributed by atoms with Gasteiger partial charge in [0.1, 0.15) is 6.10 Å². The lowest BCUT2D eigenvalue weighted by Crippen LogP contribution is -2.58. The minimum atomic E-state index is -0.767. The molecule has 2 aromatic carbocycles. The number of aliphatic hydroxyl groups excluding tert-OH is 1. The van der Waals surface area contributed by atoms with Crippen molar-refractivity contribution in [3.8, 4) is 0 Å². The van der Waals surface area contributed by atoms with Gasteiger partial charge in [0.25, 0.3) is 0 Å². The van der Waals surface area contributed by atoms with Gasteiger partial charge in [0.2, 0.25) is 5.91 Å². The van der Waals surface area contributed by atoms with Gasteiger partial charge in [0, 0.05) is 11.7 Å². The third-order valence-corrected chi connectivity index (χ3v) is 7.10. The minimum Gasteiger partial charge on any atom is -0.389 e. The predicted octanol–water partition coefficient (Wildman–Crippen LogP) is 2.50. The summed E-state index contributed by atoms with van der Waals surface area (Å²) in [6, 6.07) is 17.2. The maximum absolute atomic E-state index is 13.1. The monoisotopic (exact) mass is 479 g/mol. The van der Waals surface area contributed by atoms with Crippen molar-refractivity contribution in [3.05, 3.63) is 65.7 Å². The number of para-hydroxylation sites is 1. The fourth-order valence-corrected chi connectivity index (χ4v) is 5.45. The first-order valence-corrected chi connectivity index (χ1v) is 12.4. The molecule has 1 aliphatic carbocycles. The van der Waals surface area contributed by atoms with Crippen LogP contribution in [0.3, 0.4) is 0 Å². The molecule has 0 saturated carbocycles. The number of β-amino-alcohol motifs (C(OH)–C–C–N with tert-alkyl or cyclic N) is 1. The number of hydrogen-bond donors (Lipinski definition) is 3. The first-order chi connectivity index (χ1) is 17.0. The molecule has 8 heteroatoms. The highest BCUT2D eigenvalue weighted by molar-refractivity contribution is 5.89. The van der Waals surface area contributed by atoms with Gasteiger partial charge in [0.05, 0.1) is 44.4 Å². The average molecular weight is 480 g/mol.